The second-order valence-corrected chi connectivity index (χ2v) is 2.50. The summed E-state index contributed by atoms with van der Waals surface area (Å²) in [6.07, 6.45) is 1.65. The van der Waals surface area contributed by atoms with Crippen LogP contribution >= 0.6 is 0 Å². The van der Waals surface area contributed by atoms with Crippen molar-refractivity contribution in [2.45, 2.75) is 34.6 Å². The smallest absolute Gasteiger partial charge is 0.179 e. The van der Waals surface area contributed by atoms with E-state index in [1.54, 1.807) is 13.1 Å². The summed E-state index contributed by atoms with van der Waals surface area (Å²) >= 11 is 0. The Morgan fingerprint density at radius 3 is 2.23 bits per heavy atom. The molecule has 0 unspecified atom stereocenters. The fourth-order valence-corrected chi connectivity index (χ4v) is 0.871. The van der Waals surface area contributed by atoms with Crippen molar-refractivity contribution in [1.29, 1.82) is 0 Å². The summed E-state index contributed by atoms with van der Waals surface area (Å²) < 4.78 is 0. The molecule has 0 radical (unpaired) electrons. The quantitative estimate of drug-likeness (QED) is 0.623. The molecule has 1 aromatic heterocycles. The van der Waals surface area contributed by atoms with Crippen molar-refractivity contribution in [2.24, 2.45) is 0 Å². The zero-order valence-electron chi connectivity index (χ0n) is 8.88. The van der Waals surface area contributed by atoms with Crippen molar-refractivity contribution >= 4 is 5.78 Å². The van der Waals surface area contributed by atoms with Crippen LogP contribution in [0.5, 0.6) is 0 Å². The number of aryl methyl sites for hydroxylation is 2. The molecule has 72 valence electrons. The number of hydrogen-bond acceptors (Lipinski definition) is 3. The van der Waals surface area contributed by atoms with E-state index in [-0.39, 0.29) is 5.78 Å². The number of hydrogen-bond donors (Lipinski definition) is 0. The van der Waals surface area contributed by atoms with Crippen LogP contribution in [0.15, 0.2) is 6.20 Å². The van der Waals surface area contributed by atoms with Gasteiger partial charge >= 0.3 is 0 Å². The molecule has 3 nitrogen and oxygen atoms in total. The number of rotatable bonds is 1. The van der Waals surface area contributed by atoms with Gasteiger partial charge in [-0.05, 0) is 13.8 Å². The Balaban J connectivity index is 0.000000671. The number of aromatic nitrogens is 2. The Bertz CT molecular complexity index is 295. The lowest BCUT2D eigenvalue weighted by atomic mass is 10.2. The fraction of sp³-hybridized carbons (Fsp3) is 0.500. The summed E-state index contributed by atoms with van der Waals surface area (Å²) in [6, 6.07) is 0. The van der Waals surface area contributed by atoms with Crippen molar-refractivity contribution < 1.29 is 4.79 Å². The molecule has 0 aliphatic rings. The maximum absolute atomic E-state index is 10.9. The first-order chi connectivity index (χ1) is 6.11. The van der Waals surface area contributed by atoms with E-state index in [0.29, 0.717) is 11.4 Å². The minimum Gasteiger partial charge on any atom is -0.293 e. The first kappa shape index (κ1) is 11.8. The molecular weight excluding hydrogens is 164 g/mol. The number of nitrogens with zero attached hydrogens (tertiary/aromatic N) is 2. The third kappa shape index (κ3) is 3.32. The van der Waals surface area contributed by atoms with Gasteiger partial charge in [-0.1, -0.05) is 13.8 Å². The van der Waals surface area contributed by atoms with Crippen LogP contribution in [0.2, 0.25) is 0 Å². The SMILES string of the molecule is CC.CC(=O)c1nc(C)cnc1C. The van der Waals surface area contributed by atoms with Gasteiger partial charge in [-0.3, -0.25) is 9.78 Å². The summed E-state index contributed by atoms with van der Waals surface area (Å²) in [5.41, 5.74) is 1.95. The second-order valence-electron chi connectivity index (χ2n) is 2.50. The average Bonchev–Trinajstić information content (AvgIpc) is 2.12. The van der Waals surface area contributed by atoms with E-state index in [0.717, 1.165) is 5.69 Å². The zero-order chi connectivity index (χ0) is 10.4. The number of carbonyl (C=O) groups excluding carboxylic acids is 1. The van der Waals surface area contributed by atoms with Crippen molar-refractivity contribution in [3.8, 4) is 0 Å². The van der Waals surface area contributed by atoms with Gasteiger partial charge in [0, 0.05) is 13.1 Å². The van der Waals surface area contributed by atoms with E-state index in [1.807, 2.05) is 20.8 Å². The second kappa shape index (κ2) is 5.41. The zero-order valence-corrected chi connectivity index (χ0v) is 8.88. The lowest BCUT2D eigenvalue weighted by Crippen LogP contribution is -2.03. The molecule has 0 saturated carbocycles. The molecule has 1 heterocycles. The number of ketones is 1. The van der Waals surface area contributed by atoms with E-state index in [1.165, 1.54) is 6.92 Å². The lowest BCUT2D eigenvalue weighted by molar-refractivity contribution is 0.101. The molecule has 13 heavy (non-hydrogen) atoms. The van der Waals surface area contributed by atoms with Crippen LogP contribution in [0.4, 0.5) is 0 Å². The van der Waals surface area contributed by atoms with E-state index in [9.17, 15) is 4.79 Å². The minimum absolute atomic E-state index is 0.0290. The van der Waals surface area contributed by atoms with Crippen LogP contribution < -0.4 is 0 Å². The standard InChI is InChI=1S/C8H10N2O.C2H6/c1-5-4-9-6(2)8(10-5)7(3)11;1-2/h4H,1-3H3;1-2H3. The molecule has 0 aromatic carbocycles. The van der Waals surface area contributed by atoms with Crippen molar-refractivity contribution in [2.75, 3.05) is 0 Å². The molecule has 0 fully saturated rings. The maximum atomic E-state index is 10.9. The Morgan fingerprint density at radius 1 is 1.31 bits per heavy atom. The maximum Gasteiger partial charge on any atom is 0.179 e. The monoisotopic (exact) mass is 180 g/mol. The molecule has 0 bridgehead atoms. The van der Waals surface area contributed by atoms with Crippen LogP contribution in [0.3, 0.4) is 0 Å². The van der Waals surface area contributed by atoms with Crippen LogP contribution in [-0.2, 0) is 0 Å². The average molecular weight is 180 g/mol. The highest BCUT2D eigenvalue weighted by Crippen LogP contribution is 2.02. The molecular formula is C10H16N2O. The van der Waals surface area contributed by atoms with Gasteiger partial charge in [0.2, 0.25) is 0 Å². The number of carbonyl (C=O) groups is 1. The highest BCUT2D eigenvalue weighted by molar-refractivity contribution is 5.93. The largest absolute Gasteiger partial charge is 0.293 e. The molecule has 0 aliphatic heterocycles. The molecule has 0 atom stereocenters. The van der Waals surface area contributed by atoms with Crippen LogP contribution in [0.1, 0.15) is 42.6 Å². The van der Waals surface area contributed by atoms with Crippen LogP contribution in [0.25, 0.3) is 0 Å². The van der Waals surface area contributed by atoms with Gasteiger partial charge in [-0.2, -0.15) is 0 Å². The third-order valence-electron chi connectivity index (χ3n) is 1.41. The molecule has 0 N–H and O–H groups in total. The van der Waals surface area contributed by atoms with Gasteiger partial charge < -0.3 is 0 Å². The molecule has 0 saturated heterocycles. The van der Waals surface area contributed by atoms with Gasteiger partial charge in [-0.15, -0.1) is 0 Å². The van der Waals surface area contributed by atoms with Crippen molar-refractivity contribution in [3.63, 3.8) is 0 Å². The molecule has 0 aliphatic carbocycles. The first-order valence-electron chi connectivity index (χ1n) is 4.42. The Kier molecular flexibility index (Phi) is 4.89. The van der Waals surface area contributed by atoms with E-state index in [4.69, 9.17) is 0 Å². The minimum atomic E-state index is -0.0290. The molecule has 3 heteroatoms. The summed E-state index contributed by atoms with van der Waals surface area (Å²) in [5, 5.41) is 0. The third-order valence-corrected chi connectivity index (χ3v) is 1.41. The highest BCUT2D eigenvalue weighted by atomic mass is 16.1. The Labute approximate surface area is 79.2 Å². The van der Waals surface area contributed by atoms with E-state index in [2.05, 4.69) is 9.97 Å². The Morgan fingerprint density at radius 2 is 1.85 bits per heavy atom. The summed E-state index contributed by atoms with van der Waals surface area (Å²) in [4.78, 5) is 19.0. The van der Waals surface area contributed by atoms with Crippen LogP contribution in [-0.4, -0.2) is 15.8 Å². The molecule has 0 spiro atoms. The molecule has 0 amide bonds. The van der Waals surface area contributed by atoms with Gasteiger partial charge in [-0.25, -0.2) is 4.98 Å². The summed E-state index contributed by atoms with van der Waals surface area (Å²) in [7, 11) is 0. The van der Waals surface area contributed by atoms with Crippen molar-refractivity contribution in [3.05, 3.63) is 23.3 Å². The van der Waals surface area contributed by atoms with E-state index >= 15 is 0 Å². The topological polar surface area (TPSA) is 42.9 Å². The fourth-order valence-electron chi connectivity index (χ4n) is 0.871. The Hall–Kier alpha value is -1.25. The van der Waals surface area contributed by atoms with Gasteiger partial charge in [0.1, 0.15) is 5.69 Å². The highest BCUT2D eigenvalue weighted by Gasteiger charge is 2.05. The molecule has 1 rings (SSSR count). The van der Waals surface area contributed by atoms with Gasteiger partial charge in [0.25, 0.3) is 0 Å². The first-order valence-corrected chi connectivity index (χ1v) is 4.42. The summed E-state index contributed by atoms with van der Waals surface area (Å²) in [6.45, 7) is 9.10. The summed E-state index contributed by atoms with van der Waals surface area (Å²) in [5.74, 6) is -0.0290. The normalized spacial score (nSPS) is 8.69. The predicted octanol–water partition coefficient (Wildman–Crippen LogP) is 2.32. The van der Waals surface area contributed by atoms with Gasteiger partial charge in [0.05, 0.1) is 11.4 Å². The number of Topliss-reactive ketones (excluding diaryl/α,β-unsaturated/α-hetero) is 1. The van der Waals surface area contributed by atoms with Gasteiger partial charge in [0.15, 0.2) is 5.78 Å². The van der Waals surface area contributed by atoms with Crippen molar-refractivity contribution in [1.82, 2.24) is 9.97 Å². The lowest BCUT2D eigenvalue weighted by Gasteiger charge is -1.99. The van der Waals surface area contributed by atoms with Crippen LogP contribution in [0, 0.1) is 13.8 Å². The predicted molar refractivity (Wildman–Crippen MR) is 52.9 cm³/mol. The van der Waals surface area contributed by atoms with E-state index < -0.39 is 0 Å². The molecule has 1 aromatic rings.